The first kappa shape index (κ1) is 29.5. The van der Waals surface area contributed by atoms with E-state index < -0.39 is 29.7 Å². The molecule has 2 aliphatic rings. The zero-order valence-electron chi connectivity index (χ0n) is 24.2. The molecule has 6 rings (SSSR count). The minimum atomic E-state index is -1.05. The minimum Gasteiger partial charge on any atom is -0.459 e. The molecule has 2 aromatic carbocycles. The van der Waals surface area contributed by atoms with E-state index in [4.69, 9.17) is 4.42 Å². The Balaban J connectivity index is 1.02. The Kier molecular flexibility index (Phi) is 8.48. The van der Waals surface area contributed by atoms with Gasteiger partial charge in [-0.2, -0.15) is 0 Å². The predicted molar refractivity (Wildman–Crippen MR) is 163 cm³/mol. The molecule has 4 heterocycles. The third kappa shape index (κ3) is 6.23. The van der Waals surface area contributed by atoms with Crippen LogP contribution < -0.4 is 16.0 Å². The Morgan fingerprint density at radius 1 is 1.07 bits per heavy atom. The van der Waals surface area contributed by atoms with Gasteiger partial charge in [-0.1, -0.05) is 42.2 Å². The maximum Gasteiger partial charge on any atom is 0.263 e. The highest BCUT2D eigenvalue weighted by Gasteiger charge is 2.45. The van der Waals surface area contributed by atoms with Crippen LogP contribution >= 0.6 is 0 Å². The fourth-order valence-corrected chi connectivity index (χ4v) is 5.56. The summed E-state index contributed by atoms with van der Waals surface area (Å²) < 4.78 is 6.09. The van der Waals surface area contributed by atoms with Crippen LogP contribution in [0.3, 0.4) is 0 Å². The van der Waals surface area contributed by atoms with Gasteiger partial charge in [0.25, 0.3) is 11.8 Å². The van der Waals surface area contributed by atoms with Crippen LogP contribution in [0.4, 0.5) is 0 Å². The van der Waals surface area contributed by atoms with E-state index in [1.807, 2.05) is 42.5 Å². The molecule has 2 aromatic heterocycles. The van der Waals surface area contributed by atoms with E-state index in [1.54, 1.807) is 24.5 Å². The second-order valence-electron chi connectivity index (χ2n) is 10.7. The van der Waals surface area contributed by atoms with E-state index in [0.717, 1.165) is 27.2 Å². The monoisotopic (exact) mass is 603 g/mol. The van der Waals surface area contributed by atoms with Crippen LogP contribution in [-0.2, 0) is 14.4 Å². The summed E-state index contributed by atoms with van der Waals surface area (Å²) in [5.41, 5.74) is 2.34. The van der Waals surface area contributed by atoms with Gasteiger partial charge >= 0.3 is 0 Å². The normalized spacial score (nSPS) is 16.6. The molecule has 1 fully saturated rings. The number of hydrogen-bond acceptors (Lipinski definition) is 8. The van der Waals surface area contributed by atoms with Gasteiger partial charge in [-0.3, -0.25) is 39.2 Å². The number of amides is 5. The molecule has 0 spiro atoms. The zero-order chi connectivity index (χ0) is 31.3. The molecule has 11 nitrogen and oxygen atoms in total. The summed E-state index contributed by atoms with van der Waals surface area (Å²) in [4.78, 5) is 67.7. The molecule has 0 saturated carbocycles. The van der Waals surface area contributed by atoms with Crippen molar-refractivity contribution < 1.29 is 28.4 Å². The van der Waals surface area contributed by atoms with Crippen LogP contribution in [0.15, 0.2) is 77.5 Å². The number of nitrogens with zero attached hydrogens (tertiary/aromatic N) is 2. The predicted octanol–water partition coefficient (Wildman–Crippen LogP) is 2.86. The largest absolute Gasteiger partial charge is 0.459 e. The second-order valence-corrected chi connectivity index (χ2v) is 10.7. The van der Waals surface area contributed by atoms with Crippen molar-refractivity contribution in [2.75, 3.05) is 13.1 Å². The molecule has 2 atom stereocenters. The van der Waals surface area contributed by atoms with Gasteiger partial charge < -0.3 is 15.1 Å². The van der Waals surface area contributed by atoms with Crippen molar-refractivity contribution in [3.63, 3.8) is 0 Å². The minimum absolute atomic E-state index is 0.0403. The number of imide groups is 2. The van der Waals surface area contributed by atoms with Gasteiger partial charge in [-0.15, -0.1) is 0 Å². The standard InChI is InChI=1S/C34H29N5O6/c40-28(13-6-18-37-31(23-10-4-16-35-20-23)27-19-22-7-1-2-12-26(22)45-27)36-17-5-9-21-8-3-11-24-30(21)34(44)39(33(24)43)25-14-15-29(41)38-32(25)42/h1-4,7-8,10-12,16,19-20,25,31,37H,6,13-15,17-18H2,(H,36,40)(H,38,41,42). The summed E-state index contributed by atoms with van der Waals surface area (Å²) >= 11 is 0. The van der Waals surface area contributed by atoms with E-state index in [1.165, 1.54) is 6.07 Å². The fraction of sp³-hybridized carbons (Fsp3) is 0.235. The maximum absolute atomic E-state index is 13.2. The van der Waals surface area contributed by atoms with Crippen molar-refractivity contribution in [2.45, 2.75) is 37.8 Å². The topological polar surface area (TPSA) is 151 Å². The second kappa shape index (κ2) is 13.0. The van der Waals surface area contributed by atoms with Crippen molar-refractivity contribution in [3.8, 4) is 11.8 Å². The Labute approximate surface area is 258 Å². The van der Waals surface area contributed by atoms with Crippen molar-refractivity contribution in [1.82, 2.24) is 25.8 Å². The highest BCUT2D eigenvalue weighted by atomic mass is 16.3. The number of rotatable bonds is 9. The molecule has 0 aliphatic carbocycles. The fourth-order valence-electron chi connectivity index (χ4n) is 5.56. The molecule has 1 saturated heterocycles. The molecule has 0 bridgehead atoms. The van der Waals surface area contributed by atoms with Crippen LogP contribution in [0.2, 0.25) is 0 Å². The summed E-state index contributed by atoms with van der Waals surface area (Å²) in [5.74, 6) is 3.97. The maximum atomic E-state index is 13.2. The number of fused-ring (bicyclic) bond motifs is 2. The van der Waals surface area contributed by atoms with E-state index in [9.17, 15) is 24.0 Å². The average Bonchev–Trinajstić information content (AvgIpc) is 3.58. The lowest BCUT2D eigenvalue weighted by Crippen LogP contribution is -2.54. The van der Waals surface area contributed by atoms with Crippen molar-refractivity contribution >= 4 is 40.5 Å². The molecule has 2 unspecified atom stereocenters. The molecular formula is C34H29N5O6. The highest BCUT2D eigenvalue weighted by Crippen LogP contribution is 2.30. The Hall–Kier alpha value is -5.60. The third-order valence-electron chi connectivity index (χ3n) is 7.74. The number of benzene rings is 2. The number of furan rings is 1. The van der Waals surface area contributed by atoms with Crippen LogP contribution in [0.25, 0.3) is 11.0 Å². The number of carbonyl (C=O) groups excluding carboxylic acids is 5. The lowest BCUT2D eigenvalue weighted by Gasteiger charge is -2.27. The van der Waals surface area contributed by atoms with Gasteiger partial charge in [0, 0.05) is 36.2 Å². The van der Waals surface area contributed by atoms with Crippen molar-refractivity contribution in [2.24, 2.45) is 0 Å². The lowest BCUT2D eigenvalue weighted by atomic mass is 10.0. The summed E-state index contributed by atoms with van der Waals surface area (Å²) in [7, 11) is 0. The Morgan fingerprint density at radius 2 is 1.93 bits per heavy atom. The molecule has 45 heavy (non-hydrogen) atoms. The molecule has 11 heteroatoms. The Bertz CT molecular complexity index is 1840. The van der Waals surface area contributed by atoms with E-state index >= 15 is 0 Å². The molecule has 0 radical (unpaired) electrons. The lowest BCUT2D eigenvalue weighted by molar-refractivity contribution is -0.136. The smallest absolute Gasteiger partial charge is 0.263 e. The molecule has 5 amide bonds. The Morgan fingerprint density at radius 3 is 2.73 bits per heavy atom. The molecule has 2 aliphatic heterocycles. The summed E-state index contributed by atoms with van der Waals surface area (Å²) in [6.45, 7) is 0.595. The van der Waals surface area contributed by atoms with Crippen LogP contribution in [0.1, 0.15) is 69.3 Å². The van der Waals surface area contributed by atoms with Crippen molar-refractivity contribution in [3.05, 3.63) is 101 Å². The summed E-state index contributed by atoms with van der Waals surface area (Å²) in [5, 5.41) is 9.43. The van der Waals surface area contributed by atoms with Gasteiger partial charge in [-0.25, -0.2) is 0 Å². The first-order valence-electron chi connectivity index (χ1n) is 14.6. The third-order valence-corrected chi connectivity index (χ3v) is 7.74. The molecule has 226 valence electrons. The first-order valence-corrected chi connectivity index (χ1v) is 14.6. The summed E-state index contributed by atoms with van der Waals surface area (Å²) in [6.07, 6.45) is 4.44. The molecule has 4 aromatic rings. The quantitative estimate of drug-likeness (QED) is 0.150. The van der Waals surface area contributed by atoms with Gasteiger partial charge in [0.2, 0.25) is 17.7 Å². The SMILES string of the molecule is O=C(CCCNC(c1cccnc1)c1cc2ccccc2o1)NCC#Cc1cccc2c1C(=O)N(C1CCC(=O)NC1=O)C2=O. The number of hydrogen-bond donors (Lipinski definition) is 3. The number of para-hydroxylation sites is 1. The van der Waals surface area contributed by atoms with Crippen molar-refractivity contribution in [1.29, 1.82) is 0 Å². The first-order chi connectivity index (χ1) is 21.9. The van der Waals surface area contributed by atoms with E-state index in [-0.39, 0.29) is 48.9 Å². The molecular weight excluding hydrogens is 574 g/mol. The highest BCUT2D eigenvalue weighted by molar-refractivity contribution is 6.24. The number of pyridine rings is 1. The van der Waals surface area contributed by atoms with E-state index in [0.29, 0.717) is 18.5 Å². The van der Waals surface area contributed by atoms with Gasteiger partial charge in [0.15, 0.2) is 0 Å². The number of nitrogens with one attached hydrogen (secondary N) is 3. The van der Waals surface area contributed by atoms with Crippen LogP contribution in [0, 0.1) is 11.8 Å². The van der Waals surface area contributed by atoms with E-state index in [2.05, 4.69) is 32.8 Å². The van der Waals surface area contributed by atoms with Gasteiger partial charge in [-0.05, 0) is 55.3 Å². The number of carbonyl (C=O) groups is 5. The number of aromatic nitrogens is 1. The zero-order valence-corrected chi connectivity index (χ0v) is 24.2. The number of piperidine rings is 1. The van der Waals surface area contributed by atoms with Gasteiger partial charge in [0.1, 0.15) is 17.4 Å². The summed E-state index contributed by atoms with van der Waals surface area (Å²) in [6, 6.07) is 17.1. The molecule has 3 N–H and O–H groups in total. The average molecular weight is 604 g/mol. The van der Waals surface area contributed by atoms with Crippen LogP contribution in [-0.4, -0.2) is 58.6 Å². The van der Waals surface area contributed by atoms with Crippen LogP contribution in [0.5, 0.6) is 0 Å². The van der Waals surface area contributed by atoms with Gasteiger partial charge in [0.05, 0.1) is 23.7 Å².